The minimum atomic E-state index is -3.83. The van der Waals surface area contributed by atoms with E-state index < -0.39 is 34.0 Å². The molecular weight excluding hydrogens is 625 g/mol. The number of carboxylic acids is 1. The Morgan fingerprint density at radius 2 is 1.54 bits per heavy atom. The number of carbonyl (C=O) groups is 2. The summed E-state index contributed by atoms with van der Waals surface area (Å²) in [6, 6.07) is 28.4. The van der Waals surface area contributed by atoms with Gasteiger partial charge in [0, 0.05) is 13.0 Å². The zero-order valence-corrected chi connectivity index (χ0v) is 28.8. The number of ether oxygens (including phenoxy) is 1. The van der Waals surface area contributed by atoms with Gasteiger partial charge in [-0.05, 0) is 75.9 Å². The van der Waals surface area contributed by atoms with Crippen LogP contribution in [0.15, 0.2) is 97.1 Å². The fraction of sp³-hybridized carbons (Fsp3) is 0.333. The molecule has 1 aliphatic heterocycles. The van der Waals surface area contributed by atoms with E-state index in [-0.39, 0.29) is 30.6 Å². The van der Waals surface area contributed by atoms with Gasteiger partial charge in [0.25, 0.3) is 0 Å². The number of nitrogens with one attached hydrogen (secondary N) is 1. The predicted octanol–water partition coefficient (Wildman–Crippen LogP) is 7.11. The molecule has 8 nitrogen and oxygen atoms in total. The van der Waals surface area contributed by atoms with Gasteiger partial charge >= 0.3 is 5.97 Å². The number of fused-ring (bicyclic) bond motifs is 1. The number of aliphatic carboxylic acids is 1. The molecule has 0 saturated carbocycles. The van der Waals surface area contributed by atoms with Crippen LogP contribution in [0.3, 0.4) is 0 Å². The van der Waals surface area contributed by atoms with Crippen LogP contribution >= 0.6 is 0 Å². The second kappa shape index (κ2) is 14.7. The van der Waals surface area contributed by atoms with Gasteiger partial charge in [-0.1, -0.05) is 107 Å². The highest BCUT2D eigenvalue weighted by molar-refractivity contribution is 7.89. The van der Waals surface area contributed by atoms with Crippen LogP contribution < -0.4 is 10.1 Å². The monoisotopic (exact) mass is 668 g/mol. The van der Waals surface area contributed by atoms with Crippen molar-refractivity contribution >= 4 is 21.9 Å². The maximum atomic E-state index is 13.8. The average molecular weight is 669 g/mol. The fourth-order valence-corrected chi connectivity index (χ4v) is 7.67. The molecule has 0 fully saturated rings. The number of hydrogen-bond acceptors (Lipinski definition) is 5. The Morgan fingerprint density at radius 1 is 0.896 bits per heavy atom. The molecule has 2 atom stereocenters. The van der Waals surface area contributed by atoms with Gasteiger partial charge in [-0.2, -0.15) is 4.31 Å². The molecule has 9 heteroatoms. The van der Waals surface area contributed by atoms with Crippen molar-refractivity contribution in [2.45, 2.75) is 77.4 Å². The zero-order chi connectivity index (χ0) is 34.5. The minimum absolute atomic E-state index is 0.0124. The van der Waals surface area contributed by atoms with Gasteiger partial charge in [0.1, 0.15) is 23.6 Å². The summed E-state index contributed by atoms with van der Waals surface area (Å²) in [6.45, 7) is 8.33. The third kappa shape index (κ3) is 8.51. The van der Waals surface area contributed by atoms with Gasteiger partial charge in [0.05, 0.1) is 5.75 Å². The number of carboxylic acid groups (broad SMARTS) is 1. The van der Waals surface area contributed by atoms with Gasteiger partial charge in [-0.3, -0.25) is 4.79 Å². The Hall–Kier alpha value is -4.47. The van der Waals surface area contributed by atoms with Gasteiger partial charge in [-0.15, -0.1) is 0 Å². The summed E-state index contributed by atoms with van der Waals surface area (Å²) in [5.41, 5.74) is 5.54. The molecule has 0 radical (unpaired) electrons. The van der Waals surface area contributed by atoms with Crippen molar-refractivity contribution in [2.75, 3.05) is 5.75 Å². The van der Waals surface area contributed by atoms with Crippen LogP contribution in [-0.2, 0) is 44.4 Å². The summed E-state index contributed by atoms with van der Waals surface area (Å²) < 4.78 is 34.6. The highest BCUT2D eigenvalue weighted by Crippen LogP contribution is 2.32. The van der Waals surface area contributed by atoms with Crippen molar-refractivity contribution < 1.29 is 27.9 Å². The Morgan fingerprint density at radius 3 is 2.17 bits per heavy atom. The second-order valence-corrected chi connectivity index (χ2v) is 15.4. The Balaban J connectivity index is 1.35. The van der Waals surface area contributed by atoms with Gasteiger partial charge in [0.15, 0.2) is 0 Å². The Labute approximate surface area is 283 Å². The van der Waals surface area contributed by atoms with Crippen molar-refractivity contribution in [1.29, 1.82) is 0 Å². The van der Waals surface area contributed by atoms with E-state index in [4.69, 9.17) is 4.74 Å². The van der Waals surface area contributed by atoms with E-state index in [9.17, 15) is 23.1 Å². The van der Waals surface area contributed by atoms with E-state index in [1.807, 2.05) is 104 Å². The maximum absolute atomic E-state index is 13.8. The lowest BCUT2D eigenvalue weighted by Crippen LogP contribution is -2.56. The first-order chi connectivity index (χ1) is 22.8. The Bertz CT molecular complexity index is 1830. The molecule has 1 unspecified atom stereocenters. The molecule has 5 rings (SSSR count). The average Bonchev–Trinajstić information content (AvgIpc) is 3.07. The number of unbranched alkanes of at least 4 members (excludes halogenated alkanes) is 1. The number of carbonyl (C=O) groups excluding carboxylic acids is 1. The van der Waals surface area contributed by atoms with E-state index in [1.165, 1.54) is 9.87 Å². The first kappa shape index (κ1) is 34.9. The van der Waals surface area contributed by atoms with Gasteiger partial charge in [-0.25, -0.2) is 13.2 Å². The van der Waals surface area contributed by atoms with Crippen molar-refractivity contribution in [3.8, 4) is 22.6 Å². The first-order valence-corrected chi connectivity index (χ1v) is 18.0. The number of nitrogens with zero attached hydrogens (tertiary/aromatic N) is 1. The third-order valence-corrected chi connectivity index (χ3v) is 10.7. The van der Waals surface area contributed by atoms with Crippen LogP contribution in [0, 0.1) is 0 Å². The van der Waals surface area contributed by atoms with Crippen LogP contribution in [-0.4, -0.2) is 47.5 Å². The number of benzene rings is 4. The lowest BCUT2D eigenvalue weighted by atomic mass is 9.87. The smallest absolute Gasteiger partial charge is 0.326 e. The zero-order valence-electron chi connectivity index (χ0n) is 28.0. The van der Waals surface area contributed by atoms with E-state index in [0.29, 0.717) is 24.3 Å². The standard InChI is InChI=1S/C39H44N2O6S/c1-5-6-22-48(45,46)41-26-31-24-34(47-33-20-17-32(18-21-33)39(2,3)4)19-16-30(31)25-36(41)37(42)40-35(38(43)44)23-27-12-14-29(15-13-27)28-10-8-7-9-11-28/h7-21,24,35-36H,5-6,22-23,25-26H2,1-4H3,(H,40,42)(H,43,44)/t35?,36-/m0/s1. The molecule has 0 saturated heterocycles. The fourth-order valence-electron chi connectivity index (χ4n) is 5.89. The summed E-state index contributed by atoms with van der Waals surface area (Å²) in [7, 11) is -3.83. The predicted molar refractivity (Wildman–Crippen MR) is 189 cm³/mol. The number of hydrogen-bond donors (Lipinski definition) is 2. The van der Waals surface area contributed by atoms with Gasteiger partial charge < -0.3 is 15.2 Å². The van der Waals surface area contributed by atoms with Gasteiger partial charge in [0.2, 0.25) is 15.9 Å². The van der Waals surface area contributed by atoms with Crippen molar-refractivity contribution in [3.05, 3.63) is 119 Å². The lowest BCUT2D eigenvalue weighted by molar-refractivity contribution is -0.142. The molecule has 252 valence electrons. The van der Waals surface area contributed by atoms with Crippen LogP contribution in [0.1, 0.15) is 62.8 Å². The summed E-state index contributed by atoms with van der Waals surface area (Å²) in [5.74, 6) is -0.694. The topological polar surface area (TPSA) is 113 Å². The molecule has 1 aliphatic rings. The van der Waals surface area contributed by atoms with Crippen LogP contribution in [0.25, 0.3) is 11.1 Å². The highest BCUT2D eigenvalue weighted by Gasteiger charge is 2.40. The van der Waals surface area contributed by atoms with Crippen molar-refractivity contribution in [3.63, 3.8) is 0 Å². The number of rotatable bonds is 12. The SMILES string of the molecule is CCCCS(=O)(=O)N1Cc2cc(Oc3ccc(C(C)(C)C)cc3)ccc2C[C@H]1C(=O)NC(Cc1ccc(-c2ccccc2)cc1)C(=O)O. The molecule has 48 heavy (non-hydrogen) atoms. The molecule has 0 aromatic heterocycles. The van der Waals surface area contributed by atoms with E-state index in [0.717, 1.165) is 27.8 Å². The molecule has 0 bridgehead atoms. The van der Waals surface area contributed by atoms with E-state index in [1.54, 1.807) is 0 Å². The first-order valence-electron chi connectivity index (χ1n) is 16.4. The lowest BCUT2D eigenvalue weighted by Gasteiger charge is -2.35. The molecule has 4 aromatic carbocycles. The van der Waals surface area contributed by atoms with Crippen LogP contribution in [0.4, 0.5) is 0 Å². The third-order valence-electron chi connectivity index (χ3n) is 8.75. The largest absolute Gasteiger partial charge is 0.480 e. The molecule has 4 aromatic rings. The minimum Gasteiger partial charge on any atom is -0.480 e. The molecular formula is C39H44N2O6S. The van der Waals surface area contributed by atoms with E-state index >= 15 is 0 Å². The quantitative estimate of drug-likeness (QED) is 0.166. The Kier molecular flexibility index (Phi) is 10.7. The molecule has 2 N–H and O–H groups in total. The van der Waals surface area contributed by atoms with Crippen molar-refractivity contribution in [1.82, 2.24) is 9.62 Å². The second-order valence-electron chi connectivity index (χ2n) is 13.4. The molecule has 0 spiro atoms. The van der Waals surface area contributed by atoms with Crippen LogP contribution in [0.2, 0.25) is 0 Å². The summed E-state index contributed by atoms with van der Waals surface area (Å²) in [4.78, 5) is 26.1. The normalized spacial score (nSPS) is 15.7. The molecule has 1 heterocycles. The summed E-state index contributed by atoms with van der Waals surface area (Å²) in [5, 5.41) is 12.7. The number of amides is 1. The summed E-state index contributed by atoms with van der Waals surface area (Å²) >= 11 is 0. The molecule has 0 aliphatic carbocycles. The van der Waals surface area contributed by atoms with E-state index in [2.05, 4.69) is 26.1 Å². The summed E-state index contributed by atoms with van der Waals surface area (Å²) in [6.07, 6.45) is 1.30. The highest BCUT2D eigenvalue weighted by atomic mass is 32.2. The number of sulfonamides is 1. The molecule has 1 amide bonds. The van der Waals surface area contributed by atoms with Crippen molar-refractivity contribution in [2.24, 2.45) is 0 Å². The van der Waals surface area contributed by atoms with Crippen LogP contribution in [0.5, 0.6) is 11.5 Å². The maximum Gasteiger partial charge on any atom is 0.326 e.